The van der Waals surface area contributed by atoms with E-state index >= 15 is 0 Å². The lowest BCUT2D eigenvalue weighted by Crippen LogP contribution is -2.62. The minimum absolute atomic E-state index is 0.0356. The minimum Gasteiger partial charge on any atom is -0.508 e. The Morgan fingerprint density at radius 1 is 0.929 bits per heavy atom. The molecule has 0 aliphatic carbocycles. The summed E-state index contributed by atoms with van der Waals surface area (Å²) in [5.74, 6) is -4.42. The number of phenols is 3. The van der Waals surface area contributed by atoms with Crippen LogP contribution >= 0.6 is 0 Å². The van der Waals surface area contributed by atoms with E-state index in [-0.39, 0.29) is 34.2 Å². The third-order valence-corrected chi connectivity index (χ3v) is 6.30. The van der Waals surface area contributed by atoms with Gasteiger partial charge in [0.05, 0.1) is 20.8 Å². The van der Waals surface area contributed by atoms with Crippen LogP contribution in [0.15, 0.2) is 33.5 Å². The molecule has 0 saturated carbocycles. The second-order valence-corrected chi connectivity index (χ2v) is 9.14. The number of rotatable bonds is 8. The van der Waals surface area contributed by atoms with Gasteiger partial charge in [-0.3, -0.25) is 14.4 Å². The van der Waals surface area contributed by atoms with Crippen molar-refractivity contribution in [2.24, 2.45) is 0 Å². The van der Waals surface area contributed by atoms with Gasteiger partial charge in [0.15, 0.2) is 23.4 Å². The van der Waals surface area contributed by atoms with Crippen molar-refractivity contribution in [2.75, 3.05) is 20.8 Å². The first-order chi connectivity index (χ1) is 19.9. The monoisotopic (exact) mass is 592 g/mol. The van der Waals surface area contributed by atoms with Crippen molar-refractivity contribution in [2.45, 2.75) is 44.6 Å². The van der Waals surface area contributed by atoms with Crippen molar-refractivity contribution in [3.63, 3.8) is 0 Å². The highest BCUT2D eigenvalue weighted by Gasteiger charge is 2.51. The quantitative estimate of drug-likeness (QED) is 0.229. The first-order valence-corrected chi connectivity index (χ1v) is 12.3. The fourth-order valence-corrected chi connectivity index (χ4v) is 4.49. The van der Waals surface area contributed by atoms with Gasteiger partial charge in [-0.25, -0.2) is 0 Å². The van der Waals surface area contributed by atoms with Crippen molar-refractivity contribution in [3.05, 3.63) is 34.5 Å². The van der Waals surface area contributed by atoms with Crippen molar-refractivity contribution in [1.82, 2.24) is 0 Å². The number of hydrogen-bond acceptors (Lipinski definition) is 15. The van der Waals surface area contributed by atoms with Gasteiger partial charge in [0.25, 0.3) is 0 Å². The Balaban J connectivity index is 1.98. The number of methoxy groups -OCH3 is 2. The Kier molecular flexibility index (Phi) is 8.65. The van der Waals surface area contributed by atoms with E-state index < -0.39 is 77.3 Å². The van der Waals surface area contributed by atoms with Crippen LogP contribution in [0.2, 0.25) is 0 Å². The Hall–Kier alpha value is -4.73. The smallest absolute Gasteiger partial charge is 0.303 e. The Morgan fingerprint density at radius 3 is 2.07 bits per heavy atom. The molecular formula is C27H28O15. The highest BCUT2D eigenvalue weighted by molar-refractivity contribution is 5.88. The third-order valence-electron chi connectivity index (χ3n) is 6.30. The summed E-state index contributed by atoms with van der Waals surface area (Å²) in [7, 11) is 2.52. The first-order valence-electron chi connectivity index (χ1n) is 12.3. The van der Waals surface area contributed by atoms with Crippen LogP contribution in [0, 0.1) is 0 Å². The van der Waals surface area contributed by atoms with Crippen LogP contribution in [-0.4, -0.2) is 89.0 Å². The number of esters is 2. The number of aliphatic hydroxyl groups excluding tert-OH is 2. The zero-order chi connectivity index (χ0) is 30.9. The number of carbonyl (C=O) groups is 2. The van der Waals surface area contributed by atoms with E-state index in [1.54, 1.807) is 0 Å². The van der Waals surface area contributed by atoms with Crippen molar-refractivity contribution >= 4 is 22.9 Å². The molecule has 2 aromatic carbocycles. The first kappa shape index (κ1) is 30.2. The van der Waals surface area contributed by atoms with Crippen LogP contribution in [0.1, 0.15) is 13.8 Å². The molecule has 0 spiro atoms. The van der Waals surface area contributed by atoms with Crippen molar-refractivity contribution in [1.29, 1.82) is 0 Å². The number of carbonyl (C=O) groups excluding carboxylic acids is 2. The van der Waals surface area contributed by atoms with Gasteiger partial charge < -0.3 is 58.4 Å². The molecule has 1 aliphatic rings. The van der Waals surface area contributed by atoms with Crippen LogP contribution in [0.5, 0.6) is 34.5 Å². The van der Waals surface area contributed by atoms with Crippen LogP contribution in [0.3, 0.4) is 0 Å². The molecule has 1 saturated heterocycles. The lowest BCUT2D eigenvalue weighted by Gasteiger charge is -2.42. The average Bonchev–Trinajstić information content (AvgIpc) is 2.92. The normalized spacial score (nSPS) is 21.9. The summed E-state index contributed by atoms with van der Waals surface area (Å²) in [4.78, 5) is 37.6. The summed E-state index contributed by atoms with van der Waals surface area (Å²) in [6.07, 6.45) is -8.16. The zero-order valence-corrected chi connectivity index (χ0v) is 22.7. The van der Waals surface area contributed by atoms with Gasteiger partial charge in [-0.2, -0.15) is 0 Å². The average molecular weight is 593 g/mol. The number of phenolic OH excluding ortho intramolecular Hbond substituents is 3. The van der Waals surface area contributed by atoms with Gasteiger partial charge >= 0.3 is 11.9 Å². The summed E-state index contributed by atoms with van der Waals surface area (Å²) in [6.45, 7) is 1.27. The number of benzene rings is 2. The lowest BCUT2D eigenvalue weighted by molar-refractivity contribution is -0.285. The standard InChI is InChI=1S/C27H28O15/c1-10(29)38-24-21(34)18(9-28)41-27(26(24)39-11(2)30)42-25-22(35)19-14(32)7-13(31)8-15(19)40-23(25)12-5-16(36-3)20(33)17(6-12)37-4/h5-8,18,21,24,26-28,31-34H,9H2,1-4H3/t18-,21-,24+,26-,27+/m1/s1. The van der Waals surface area contributed by atoms with E-state index in [0.717, 1.165) is 26.0 Å². The molecule has 3 aromatic rings. The van der Waals surface area contributed by atoms with Crippen LogP contribution in [0.25, 0.3) is 22.3 Å². The highest BCUT2D eigenvalue weighted by Crippen LogP contribution is 2.44. The summed E-state index contributed by atoms with van der Waals surface area (Å²) in [5, 5.41) is 51.0. The molecule has 5 N–H and O–H groups in total. The SMILES string of the molecule is COc1cc(-c2oc3cc(O)cc(O)c3c(=O)c2O[C@@H]2O[C@H](CO)[C@@H](O)[C@H](OC(C)=O)[C@H]2OC(C)=O)cc(OC)c1O. The Bertz CT molecular complexity index is 1540. The molecule has 1 aliphatic heterocycles. The molecule has 0 bridgehead atoms. The van der Waals surface area contributed by atoms with Gasteiger partial charge in [0, 0.05) is 31.5 Å². The summed E-state index contributed by atoms with van der Waals surface area (Å²) >= 11 is 0. The maximum Gasteiger partial charge on any atom is 0.303 e. The van der Waals surface area contributed by atoms with E-state index in [1.807, 2.05) is 0 Å². The Morgan fingerprint density at radius 2 is 1.52 bits per heavy atom. The molecule has 4 rings (SSSR count). The summed E-state index contributed by atoms with van der Waals surface area (Å²) < 4.78 is 38.3. The molecular weight excluding hydrogens is 564 g/mol. The minimum atomic E-state index is -1.79. The lowest BCUT2D eigenvalue weighted by atomic mass is 9.98. The van der Waals surface area contributed by atoms with Crippen LogP contribution in [-0.2, 0) is 23.8 Å². The van der Waals surface area contributed by atoms with Gasteiger partial charge in [-0.15, -0.1) is 0 Å². The number of ether oxygens (including phenoxy) is 6. The summed E-state index contributed by atoms with van der Waals surface area (Å²) in [6, 6.07) is 4.49. The molecule has 1 fully saturated rings. The van der Waals surface area contributed by atoms with Gasteiger partial charge in [0.1, 0.15) is 34.7 Å². The second-order valence-electron chi connectivity index (χ2n) is 9.14. The maximum atomic E-state index is 13.8. The van der Waals surface area contributed by atoms with E-state index in [9.17, 15) is 39.9 Å². The van der Waals surface area contributed by atoms with Crippen molar-refractivity contribution < 1.29 is 68.0 Å². The number of fused-ring (bicyclic) bond motifs is 1. The molecule has 1 aromatic heterocycles. The molecule has 0 unspecified atom stereocenters. The molecule has 0 radical (unpaired) electrons. The fraction of sp³-hybridized carbons (Fsp3) is 0.370. The topological polar surface area (TPSA) is 221 Å². The van der Waals surface area contributed by atoms with E-state index in [1.165, 1.54) is 26.4 Å². The molecule has 15 nitrogen and oxygen atoms in total. The number of aliphatic hydroxyl groups is 2. The number of aromatic hydroxyl groups is 3. The largest absolute Gasteiger partial charge is 0.508 e. The summed E-state index contributed by atoms with van der Waals surface area (Å²) in [5.41, 5.74) is -1.22. The van der Waals surface area contributed by atoms with E-state index in [0.29, 0.717) is 0 Å². The third kappa shape index (κ3) is 5.70. The van der Waals surface area contributed by atoms with Crippen LogP contribution in [0.4, 0.5) is 0 Å². The highest BCUT2D eigenvalue weighted by atomic mass is 16.7. The number of hydrogen-bond donors (Lipinski definition) is 5. The maximum absolute atomic E-state index is 13.8. The van der Waals surface area contributed by atoms with Gasteiger partial charge in [0.2, 0.25) is 29.3 Å². The second kappa shape index (κ2) is 12.0. The van der Waals surface area contributed by atoms with Crippen molar-refractivity contribution in [3.8, 4) is 45.8 Å². The fourth-order valence-electron chi connectivity index (χ4n) is 4.49. The van der Waals surface area contributed by atoms with E-state index in [2.05, 4.69) is 0 Å². The molecule has 15 heteroatoms. The van der Waals surface area contributed by atoms with Crippen LogP contribution < -0.4 is 19.6 Å². The predicted molar refractivity (Wildman–Crippen MR) is 140 cm³/mol. The van der Waals surface area contributed by atoms with Gasteiger partial charge in [-0.05, 0) is 12.1 Å². The Labute approximate surface area is 236 Å². The molecule has 2 heterocycles. The van der Waals surface area contributed by atoms with E-state index in [4.69, 9.17) is 32.8 Å². The molecule has 0 amide bonds. The predicted octanol–water partition coefficient (Wildman–Crippen LogP) is 0.914. The molecule has 5 atom stereocenters. The van der Waals surface area contributed by atoms with Gasteiger partial charge in [-0.1, -0.05) is 0 Å². The zero-order valence-electron chi connectivity index (χ0n) is 22.7. The molecule has 42 heavy (non-hydrogen) atoms. The molecule has 226 valence electrons.